The molecule has 72 valence electrons. The van der Waals surface area contributed by atoms with Gasteiger partial charge in [0.25, 0.3) is 0 Å². The number of rotatable bonds is 3. The van der Waals surface area contributed by atoms with Gasteiger partial charge in [-0.1, -0.05) is 0 Å². The molecule has 0 atom stereocenters. The average Bonchev–Trinajstić information content (AvgIpc) is 2.71. The van der Waals surface area contributed by atoms with Crippen LogP contribution in [0.5, 0.6) is 0 Å². The third-order valence-corrected chi connectivity index (χ3v) is 1.97. The number of aromatic nitrogens is 3. The van der Waals surface area contributed by atoms with Crippen LogP contribution in [0.15, 0.2) is 30.7 Å². The molecule has 3 N–H and O–H groups in total. The smallest absolute Gasteiger partial charge is 0.130 e. The van der Waals surface area contributed by atoms with Crippen molar-refractivity contribution >= 4 is 0 Å². The number of H-pyrrole nitrogens is 1. The first-order valence-electron chi connectivity index (χ1n) is 4.55. The van der Waals surface area contributed by atoms with Crippen molar-refractivity contribution in [3.05, 3.63) is 36.5 Å². The Morgan fingerprint density at radius 3 is 3.00 bits per heavy atom. The lowest BCUT2D eigenvalue weighted by Gasteiger charge is -1.99. The second-order valence-electron chi connectivity index (χ2n) is 3.00. The fraction of sp³-hybridized carbons (Fsp3) is 0.200. The van der Waals surface area contributed by atoms with Crippen molar-refractivity contribution in [1.82, 2.24) is 15.0 Å². The fourth-order valence-electron chi connectivity index (χ4n) is 1.29. The molecule has 0 saturated heterocycles. The van der Waals surface area contributed by atoms with E-state index in [9.17, 15) is 0 Å². The Hall–Kier alpha value is -1.68. The highest BCUT2D eigenvalue weighted by Gasteiger charge is 2.01. The minimum Gasteiger partial charge on any atom is -0.367 e. The number of nitrogens with one attached hydrogen (secondary N) is 1. The van der Waals surface area contributed by atoms with Crippen molar-refractivity contribution in [2.24, 2.45) is 5.73 Å². The molecule has 0 spiro atoms. The molecular formula is C10H12N4. The van der Waals surface area contributed by atoms with Crippen LogP contribution in [0, 0.1) is 0 Å². The van der Waals surface area contributed by atoms with Crippen LogP contribution in [-0.4, -0.2) is 21.5 Å². The second-order valence-corrected chi connectivity index (χ2v) is 3.00. The molecule has 4 nitrogen and oxygen atoms in total. The van der Waals surface area contributed by atoms with Crippen LogP contribution in [0.25, 0.3) is 11.3 Å². The predicted octanol–water partition coefficient (Wildman–Crippen LogP) is 0.973. The first-order valence-corrected chi connectivity index (χ1v) is 4.55. The van der Waals surface area contributed by atoms with Crippen molar-refractivity contribution in [1.29, 1.82) is 0 Å². The molecule has 0 aliphatic rings. The molecule has 2 aromatic rings. The second kappa shape index (κ2) is 4.02. The number of aromatic amines is 1. The van der Waals surface area contributed by atoms with Gasteiger partial charge in [0, 0.05) is 30.6 Å². The maximum atomic E-state index is 5.44. The predicted molar refractivity (Wildman–Crippen MR) is 54.6 cm³/mol. The van der Waals surface area contributed by atoms with Gasteiger partial charge in [-0.05, 0) is 18.7 Å². The van der Waals surface area contributed by atoms with Gasteiger partial charge in [0.2, 0.25) is 0 Å². The normalized spacial score (nSPS) is 10.4. The van der Waals surface area contributed by atoms with E-state index in [0.717, 1.165) is 23.5 Å². The molecule has 4 heteroatoms. The molecule has 0 saturated carbocycles. The summed E-state index contributed by atoms with van der Waals surface area (Å²) in [6, 6.07) is 3.87. The largest absolute Gasteiger partial charge is 0.367 e. The maximum absolute atomic E-state index is 5.44. The Balaban J connectivity index is 2.31. The molecule has 2 aromatic heterocycles. The highest BCUT2D eigenvalue weighted by Crippen LogP contribution is 2.14. The van der Waals surface area contributed by atoms with E-state index in [2.05, 4.69) is 15.0 Å². The lowest BCUT2D eigenvalue weighted by molar-refractivity contribution is 0.869. The van der Waals surface area contributed by atoms with Gasteiger partial charge < -0.3 is 10.7 Å². The van der Waals surface area contributed by atoms with Gasteiger partial charge in [0.05, 0.1) is 5.69 Å². The molecule has 0 aliphatic heterocycles. The van der Waals surface area contributed by atoms with E-state index in [-0.39, 0.29) is 0 Å². The molecule has 0 aromatic carbocycles. The van der Waals surface area contributed by atoms with Gasteiger partial charge >= 0.3 is 0 Å². The van der Waals surface area contributed by atoms with Gasteiger partial charge in [-0.2, -0.15) is 0 Å². The Bertz CT molecular complexity index is 394. The van der Waals surface area contributed by atoms with Gasteiger partial charge in [0.15, 0.2) is 0 Å². The summed E-state index contributed by atoms with van der Waals surface area (Å²) in [4.78, 5) is 11.5. The SMILES string of the molecule is NCCc1nccc(-c2cc[nH]c2)n1. The zero-order valence-electron chi connectivity index (χ0n) is 7.77. The minimum atomic E-state index is 0.580. The van der Waals surface area contributed by atoms with Gasteiger partial charge in [-0.3, -0.25) is 0 Å². The average molecular weight is 188 g/mol. The lowest BCUT2D eigenvalue weighted by Crippen LogP contribution is -2.06. The number of nitrogens with zero attached hydrogens (tertiary/aromatic N) is 2. The Kier molecular flexibility index (Phi) is 2.55. The lowest BCUT2D eigenvalue weighted by atomic mass is 10.2. The van der Waals surface area contributed by atoms with Crippen LogP contribution in [0.1, 0.15) is 5.82 Å². The summed E-state index contributed by atoms with van der Waals surface area (Å²) < 4.78 is 0. The molecular weight excluding hydrogens is 176 g/mol. The summed E-state index contributed by atoms with van der Waals surface area (Å²) in [6.45, 7) is 0.580. The van der Waals surface area contributed by atoms with Crippen LogP contribution in [0.3, 0.4) is 0 Å². The molecule has 2 rings (SSSR count). The summed E-state index contributed by atoms with van der Waals surface area (Å²) in [5.41, 5.74) is 7.45. The number of hydrogen-bond acceptors (Lipinski definition) is 3. The maximum Gasteiger partial charge on any atom is 0.130 e. The molecule has 2 heterocycles. The van der Waals surface area contributed by atoms with Crippen molar-refractivity contribution < 1.29 is 0 Å². The summed E-state index contributed by atoms with van der Waals surface area (Å²) in [5.74, 6) is 0.797. The molecule has 0 radical (unpaired) electrons. The quantitative estimate of drug-likeness (QED) is 0.754. The fourth-order valence-corrected chi connectivity index (χ4v) is 1.29. The van der Waals surface area contributed by atoms with Gasteiger partial charge in [0.1, 0.15) is 5.82 Å². The van der Waals surface area contributed by atoms with E-state index >= 15 is 0 Å². The topological polar surface area (TPSA) is 67.6 Å². The van der Waals surface area contributed by atoms with Crippen LogP contribution in [-0.2, 0) is 6.42 Å². The van der Waals surface area contributed by atoms with E-state index < -0.39 is 0 Å². The Morgan fingerprint density at radius 2 is 2.29 bits per heavy atom. The van der Waals surface area contributed by atoms with Gasteiger partial charge in [-0.25, -0.2) is 9.97 Å². The van der Waals surface area contributed by atoms with Crippen molar-refractivity contribution in [2.75, 3.05) is 6.54 Å². The molecule has 0 fully saturated rings. The third-order valence-electron chi connectivity index (χ3n) is 1.97. The van der Waals surface area contributed by atoms with E-state index in [0.29, 0.717) is 6.54 Å². The summed E-state index contributed by atoms with van der Waals surface area (Å²) in [7, 11) is 0. The van der Waals surface area contributed by atoms with Crippen molar-refractivity contribution in [3.8, 4) is 11.3 Å². The Labute approximate surface area is 82.2 Å². The van der Waals surface area contributed by atoms with Crippen molar-refractivity contribution in [2.45, 2.75) is 6.42 Å². The summed E-state index contributed by atoms with van der Waals surface area (Å²) in [6.07, 6.45) is 6.27. The van der Waals surface area contributed by atoms with E-state index in [1.165, 1.54) is 0 Å². The standard InChI is InChI=1S/C10H12N4/c11-4-1-10-13-6-3-9(14-10)8-2-5-12-7-8/h2-3,5-7,12H,1,4,11H2. The minimum absolute atomic E-state index is 0.580. The number of hydrogen-bond donors (Lipinski definition) is 2. The van der Waals surface area contributed by atoms with E-state index in [4.69, 9.17) is 5.73 Å². The van der Waals surface area contributed by atoms with Crippen LogP contribution in [0.2, 0.25) is 0 Å². The third kappa shape index (κ3) is 1.80. The van der Waals surface area contributed by atoms with E-state index in [1.807, 2.05) is 24.5 Å². The van der Waals surface area contributed by atoms with Crippen LogP contribution in [0.4, 0.5) is 0 Å². The highest BCUT2D eigenvalue weighted by molar-refractivity contribution is 5.57. The first-order chi connectivity index (χ1) is 6.90. The monoisotopic (exact) mass is 188 g/mol. The van der Waals surface area contributed by atoms with Gasteiger partial charge in [-0.15, -0.1) is 0 Å². The highest BCUT2D eigenvalue weighted by atomic mass is 14.9. The molecule has 0 bridgehead atoms. The summed E-state index contributed by atoms with van der Waals surface area (Å²) in [5, 5.41) is 0. The summed E-state index contributed by atoms with van der Waals surface area (Å²) >= 11 is 0. The molecule has 0 aliphatic carbocycles. The molecule has 0 unspecified atom stereocenters. The zero-order valence-corrected chi connectivity index (χ0v) is 7.77. The Morgan fingerprint density at radius 1 is 1.36 bits per heavy atom. The first kappa shape index (κ1) is 8.90. The van der Waals surface area contributed by atoms with Crippen LogP contribution >= 0.6 is 0 Å². The van der Waals surface area contributed by atoms with Crippen LogP contribution < -0.4 is 5.73 Å². The molecule has 0 amide bonds. The van der Waals surface area contributed by atoms with E-state index in [1.54, 1.807) is 6.20 Å². The van der Waals surface area contributed by atoms with Crippen molar-refractivity contribution in [3.63, 3.8) is 0 Å². The molecule has 14 heavy (non-hydrogen) atoms. The number of nitrogens with two attached hydrogens (primary N) is 1. The zero-order chi connectivity index (χ0) is 9.80.